The monoisotopic (exact) mass is 396 g/mol. The van der Waals surface area contributed by atoms with Crippen LogP contribution in [0.4, 0.5) is 0 Å². The van der Waals surface area contributed by atoms with E-state index in [1.54, 1.807) is 30.3 Å². The largest absolute Gasteiger partial charge is 0.486 e. The topological polar surface area (TPSA) is 77.0 Å². The molecule has 0 unspecified atom stereocenters. The van der Waals surface area contributed by atoms with Gasteiger partial charge in [-0.25, -0.2) is 4.83 Å². The zero-order valence-electron chi connectivity index (χ0n) is 11.9. The van der Waals surface area contributed by atoms with E-state index in [4.69, 9.17) is 9.47 Å². The van der Waals surface area contributed by atoms with Gasteiger partial charge in [-0.2, -0.15) is 13.5 Å². The molecule has 0 aliphatic carbocycles. The average Bonchev–Trinajstić information content (AvgIpc) is 2.55. The molecule has 2 aromatic carbocycles. The van der Waals surface area contributed by atoms with Crippen LogP contribution in [-0.4, -0.2) is 27.8 Å². The first-order chi connectivity index (χ1) is 11.0. The SMILES string of the molecule is O=S(=O)(NN=Cc1ccc2c(c1)OCCO2)c1ccc(Br)cc1. The van der Waals surface area contributed by atoms with Crippen LogP contribution in [0, 0.1) is 0 Å². The zero-order valence-corrected chi connectivity index (χ0v) is 14.3. The van der Waals surface area contributed by atoms with Crippen LogP contribution in [0.3, 0.4) is 0 Å². The zero-order chi connectivity index (χ0) is 16.3. The number of sulfonamides is 1. The number of fused-ring (bicyclic) bond motifs is 1. The number of hydrogen-bond acceptors (Lipinski definition) is 5. The fraction of sp³-hybridized carbons (Fsp3) is 0.133. The van der Waals surface area contributed by atoms with E-state index in [-0.39, 0.29) is 4.90 Å². The fourth-order valence-electron chi connectivity index (χ4n) is 1.98. The molecule has 1 N–H and O–H groups in total. The summed E-state index contributed by atoms with van der Waals surface area (Å²) < 4.78 is 35.8. The number of hydrazone groups is 1. The lowest BCUT2D eigenvalue weighted by Crippen LogP contribution is -2.18. The minimum atomic E-state index is -3.69. The maximum absolute atomic E-state index is 12.1. The molecule has 0 radical (unpaired) electrons. The third kappa shape index (κ3) is 3.83. The second-order valence-electron chi connectivity index (χ2n) is 4.71. The summed E-state index contributed by atoms with van der Waals surface area (Å²) in [6.07, 6.45) is 1.41. The van der Waals surface area contributed by atoms with Crippen molar-refractivity contribution >= 4 is 32.2 Å². The Kier molecular flexibility index (Phi) is 4.53. The fourth-order valence-corrected chi connectivity index (χ4v) is 3.03. The van der Waals surface area contributed by atoms with Crippen molar-refractivity contribution in [2.45, 2.75) is 4.90 Å². The summed E-state index contributed by atoms with van der Waals surface area (Å²) in [6, 6.07) is 11.6. The molecule has 120 valence electrons. The van der Waals surface area contributed by atoms with Gasteiger partial charge in [0.05, 0.1) is 11.1 Å². The normalized spacial score (nSPS) is 14.0. The quantitative estimate of drug-likeness (QED) is 0.636. The van der Waals surface area contributed by atoms with Gasteiger partial charge in [0.15, 0.2) is 11.5 Å². The smallest absolute Gasteiger partial charge is 0.276 e. The van der Waals surface area contributed by atoms with Gasteiger partial charge in [-0.1, -0.05) is 15.9 Å². The number of benzene rings is 2. The van der Waals surface area contributed by atoms with Crippen molar-refractivity contribution in [3.05, 3.63) is 52.5 Å². The number of nitrogens with one attached hydrogen (secondary N) is 1. The molecule has 6 nitrogen and oxygen atoms in total. The number of nitrogens with zero attached hydrogens (tertiary/aromatic N) is 1. The number of halogens is 1. The van der Waals surface area contributed by atoms with Gasteiger partial charge in [0.25, 0.3) is 10.0 Å². The summed E-state index contributed by atoms with van der Waals surface area (Å²) in [5, 5.41) is 3.79. The second-order valence-corrected chi connectivity index (χ2v) is 7.29. The average molecular weight is 397 g/mol. The summed E-state index contributed by atoms with van der Waals surface area (Å²) in [6.45, 7) is 1.01. The molecule has 1 aliphatic rings. The van der Waals surface area contributed by atoms with Crippen molar-refractivity contribution < 1.29 is 17.9 Å². The summed E-state index contributed by atoms with van der Waals surface area (Å²) >= 11 is 3.26. The number of hydrogen-bond donors (Lipinski definition) is 1. The third-order valence-corrected chi connectivity index (χ3v) is 4.84. The van der Waals surface area contributed by atoms with Crippen LogP contribution in [0.1, 0.15) is 5.56 Å². The highest BCUT2D eigenvalue weighted by molar-refractivity contribution is 9.10. The third-order valence-electron chi connectivity index (χ3n) is 3.08. The van der Waals surface area contributed by atoms with Gasteiger partial charge in [-0.15, -0.1) is 0 Å². The Morgan fingerprint density at radius 1 is 1.04 bits per heavy atom. The first-order valence-electron chi connectivity index (χ1n) is 6.75. The lowest BCUT2D eigenvalue weighted by molar-refractivity contribution is 0.171. The number of rotatable bonds is 4. The van der Waals surface area contributed by atoms with Crippen molar-refractivity contribution in [2.24, 2.45) is 5.10 Å². The van der Waals surface area contributed by atoms with Crippen LogP contribution in [0.15, 0.2) is 56.9 Å². The summed E-state index contributed by atoms with van der Waals surface area (Å²) in [7, 11) is -3.69. The highest BCUT2D eigenvalue weighted by atomic mass is 79.9. The second kappa shape index (κ2) is 6.59. The van der Waals surface area contributed by atoms with Crippen molar-refractivity contribution in [3.8, 4) is 11.5 Å². The molecule has 0 saturated heterocycles. The van der Waals surface area contributed by atoms with Crippen LogP contribution in [0.25, 0.3) is 0 Å². The Bertz CT molecular complexity index is 835. The number of ether oxygens (including phenoxy) is 2. The molecular weight excluding hydrogens is 384 g/mol. The minimum Gasteiger partial charge on any atom is -0.486 e. The molecule has 0 bridgehead atoms. The van der Waals surface area contributed by atoms with Crippen LogP contribution < -0.4 is 14.3 Å². The minimum absolute atomic E-state index is 0.139. The summed E-state index contributed by atoms with van der Waals surface area (Å²) in [5.41, 5.74) is 0.702. The van der Waals surface area contributed by atoms with Crippen LogP contribution in [-0.2, 0) is 10.0 Å². The van der Waals surface area contributed by atoms with E-state index >= 15 is 0 Å². The van der Waals surface area contributed by atoms with Gasteiger partial charge in [0.2, 0.25) is 0 Å². The van der Waals surface area contributed by atoms with E-state index in [0.29, 0.717) is 30.3 Å². The molecular formula is C15H13BrN2O4S. The lowest BCUT2D eigenvalue weighted by atomic mass is 10.2. The Balaban J connectivity index is 1.72. The van der Waals surface area contributed by atoms with E-state index in [2.05, 4.69) is 25.9 Å². The molecule has 8 heteroatoms. The molecule has 0 saturated carbocycles. The highest BCUT2D eigenvalue weighted by Crippen LogP contribution is 2.30. The van der Waals surface area contributed by atoms with Gasteiger partial charge >= 0.3 is 0 Å². The van der Waals surface area contributed by atoms with Gasteiger partial charge in [-0.3, -0.25) is 0 Å². The van der Waals surface area contributed by atoms with E-state index in [1.165, 1.54) is 18.3 Å². The van der Waals surface area contributed by atoms with Crippen molar-refractivity contribution in [3.63, 3.8) is 0 Å². The van der Waals surface area contributed by atoms with E-state index < -0.39 is 10.0 Å². The van der Waals surface area contributed by atoms with Gasteiger partial charge in [0, 0.05) is 4.47 Å². The van der Waals surface area contributed by atoms with Crippen LogP contribution in [0.2, 0.25) is 0 Å². The first-order valence-corrected chi connectivity index (χ1v) is 9.02. The summed E-state index contributed by atoms with van der Waals surface area (Å²) in [4.78, 5) is 2.32. The predicted octanol–water partition coefficient (Wildman–Crippen LogP) is 2.53. The molecule has 23 heavy (non-hydrogen) atoms. The van der Waals surface area contributed by atoms with E-state index in [9.17, 15) is 8.42 Å². The van der Waals surface area contributed by atoms with E-state index in [0.717, 1.165) is 4.47 Å². The molecule has 2 aromatic rings. The van der Waals surface area contributed by atoms with Crippen molar-refractivity contribution in [2.75, 3.05) is 13.2 Å². The molecule has 3 rings (SSSR count). The Morgan fingerprint density at radius 2 is 1.74 bits per heavy atom. The molecule has 1 heterocycles. The van der Waals surface area contributed by atoms with Crippen molar-refractivity contribution in [1.82, 2.24) is 4.83 Å². The van der Waals surface area contributed by atoms with Crippen LogP contribution in [0.5, 0.6) is 11.5 Å². The molecule has 1 aliphatic heterocycles. The molecule has 0 amide bonds. The maximum atomic E-state index is 12.1. The highest BCUT2D eigenvalue weighted by Gasteiger charge is 2.13. The lowest BCUT2D eigenvalue weighted by Gasteiger charge is -2.18. The molecule has 0 atom stereocenters. The van der Waals surface area contributed by atoms with Crippen molar-refractivity contribution in [1.29, 1.82) is 0 Å². The molecule has 0 fully saturated rings. The first kappa shape index (κ1) is 15.8. The van der Waals surface area contributed by atoms with Gasteiger partial charge < -0.3 is 9.47 Å². The summed E-state index contributed by atoms with van der Waals surface area (Å²) in [5.74, 6) is 1.29. The van der Waals surface area contributed by atoms with E-state index in [1.807, 2.05) is 0 Å². The maximum Gasteiger partial charge on any atom is 0.276 e. The molecule has 0 spiro atoms. The Hall–Kier alpha value is -2.06. The van der Waals surface area contributed by atoms with Crippen LogP contribution >= 0.6 is 15.9 Å². The molecule has 0 aromatic heterocycles. The Morgan fingerprint density at radius 3 is 2.48 bits per heavy atom. The standard InChI is InChI=1S/C15H13BrN2O4S/c16-12-2-4-13(5-3-12)23(19,20)18-17-10-11-1-6-14-15(9-11)22-8-7-21-14/h1-6,9-10,18H,7-8H2. The van der Waals surface area contributed by atoms with Gasteiger partial charge in [0.1, 0.15) is 13.2 Å². The predicted molar refractivity (Wildman–Crippen MR) is 89.5 cm³/mol. The Labute approximate surface area is 142 Å². The van der Waals surface area contributed by atoms with Gasteiger partial charge in [-0.05, 0) is 48.0 Å².